The number of likely N-dealkylation sites (tertiary alicyclic amines) is 1. The fourth-order valence-electron chi connectivity index (χ4n) is 6.35. The highest BCUT2D eigenvalue weighted by atomic mass is 19.4. The Labute approximate surface area is 215 Å². The summed E-state index contributed by atoms with van der Waals surface area (Å²) >= 11 is 0. The van der Waals surface area contributed by atoms with Crippen LogP contribution in [0.5, 0.6) is 0 Å². The maximum Gasteiger partial charge on any atom is 0.405 e. The van der Waals surface area contributed by atoms with Crippen LogP contribution in [0.1, 0.15) is 66.6 Å². The Balaban J connectivity index is 1.47. The first-order chi connectivity index (χ1) is 17.7. The van der Waals surface area contributed by atoms with E-state index >= 15 is 0 Å². The van der Waals surface area contributed by atoms with Gasteiger partial charge in [0, 0.05) is 36.5 Å². The van der Waals surface area contributed by atoms with Gasteiger partial charge in [-0.05, 0) is 42.5 Å². The first-order valence-electron chi connectivity index (χ1n) is 13.0. The molecule has 2 atom stereocenters. The topological polar surface area (TPSA) is 52.7 Å². The molecule has 2 amide bonds. The quantitative estimate of drug-likeness (QED) is 0.551. The summed E-state index contributed by atoms with van der Waals surface area (Å²) < 4.78 is 39.1. The van der Waals surface area contributed by atoms with Crippen LogP contribution in [0.3, 0.4) is 0 Å². The highest BCUT2D eigenvalue weighted by Crippen LogP contribution is 2.51. The summed E-state index contributed by atoms with van der Waals surface area (Å²) in [7, 11) is 0. The van der Waals surface area contributed by atoms with Gasteiger partial charge in [0.15, 0.2) is 0 Å². The van der Waals surface area contributed by atoms with Crippen molar-refractivity contribution < 1.29 is 22.8 Å². The highest BCUT2D eigenvalue weighted by Gasteiger charge is 2.51. The van der Waals surface area contributed by atoms with Crippen molar-refractivity contribution in [3.8, 4) is 0 Å². The van der Waals surface area contributed by atoms with Gasteiger partial charge >= 0.3 is 6.18 Å². The van der Waals surface area contributed by atoms with Gasteiger partial charge in [0.05, 0.1) is 11.5 Å². The van der Waals surface area contributed by atoms with Gasteiger partial charge in [-0.1, -0.05) is 62.2 Å². The summed E-state index contributed by atoms with van der Waals surface area (Å²) in [6.07, 6.45) is -1.72. The van der Waals surface area contributed by atoms with E-state index in [1.54, 1.807) is 0 Å². The van der Waals surface area contributed by atoms with Gasteiger partial charge in [-0.15, -0.1) is 0 Å². The smallest absolute Gasteiger partial charge is 0.369 e. The fourth-order valence-corrected chi connectivity index (χ4v) is 6.35. The van der Waals surface area contributed by atoms with E-state index < -0.39 is 24.0 Å². The van der Waals surface area contributed by atoms with E-state index in [4.69, 9.17) is 0 Å². The van der Waals surface area contributed by atoms with E-state index in [0.717, 1.165) is 46.4 Å². The van der Waals surface area contributed by atoms with Crippen molar-refractivity contribution in [1.82, 2.24) is 15.1 Å². The van der Waals surface area contributed by atoms with Crippen LogP contribution in [0.15, 0.2) is 54.1 Å². The van der Waals surface area contributed by atoms with Crippen LogP contribution >= 0.6 is 0 Å². The number of nitrogens with zero attached hydrogens (tertiary/aromatic N) is 2. The molecule has 0 bridgehead atoms. The van der Waals surface area contributed by atoms with Gasteiger partial charge in [0.25, 0.3) is 5.91 Å². The van der Waals surface area contributed by atoms with E-state index in [1.807, 2.05) is 67.3 Å². The summed E-state index contributed by atoms with van der Waals surface area (Å²) in [5, 5.41) is 2.20. The predicted molar refractivity (Wildman–Crippen MR) is 136 cm³/mol. The summed E-state index contributed by atoms with van der Waals surface area (Å²) in [5.41, 5.74) is 4.01. The highest BCUT2D eigenvalue weighted by molar-refractivity contribution is 6.00. The fraction of sp³-hybridized carbons (Fsp3) is 0.448. The molecule has 1 fully saturated rings. The van der Waals surface area contributed by atoms with Crippen molar-refractivity contribution in [3.05, 3.63) is 76.4 Å². The number of rotatable bonds is 7. The lowest BCUT2D eigenvalue weighted by Crippen LogP contribution is -2.47. The minimum atomic E-state index is -4.48. The van der Waals surface area contributed by atoms with Crippen LogP contribution < -0.4 is 5.32 Å². The Kier molecular flexibility index (Phi) is 6.54. The van der Waals surface area contributed by atoms with Crippen LogP contribution in [0, 0.1) is 0 Å². The monoisotopic (exact) mass is 511 g/mol. The molecule has 5 rings (SSSR count). The van der Waals surface area contributed by atoms with Crippen molar-refractivity contribution in [1.29, 1.82) is 0 Å². The van der Waals surface area contributed by atoms with Crippen LogP contribution in [0.25, 0.3) is 5.70 Å². The lowest BCUT2D eigenvalue weighted by molar-refractivity contribution is -0.141. The second-order valence-corrected chi connectivity index (χ2v) is 10.3. The second-order valence-electron chi connectivity index (χ2n) is 10.3. The summed E-state index contributed by atoms with van der Waals surface area (Å²) in [4.78, 5) is 30.8. The molecule has 0 spiro atoms. The average molecular weight is 512 g/mol. The molecule has 2 aromatic rings. The maximum absolute atomic E-state index is 13.6. The minimum absolute atomic E-state index is 0.0251. The molecule has 0 aromatic heterocycles. The number of nitrogens with one attached hydrogen (secondary N) is 1. The minimum Gasteiger partial charge on any atom is -0.369 e. The first-order valence-corrected chi connectivity index (χ1v) is 13.0. The summed E-state index contributed by atoms with van der Waals surface area (Å²) in [6.45, 7) is 4.46. The third-order valence-corrected chi connectivity index (χ3v) is 8.15. The number of benzene rings is 2. The lowest BCUT2D eigenvalue weighted by atomic mass is 9.73. The molecule has 3 aliphatic rings. The lowest BCUT2D eigenvalue weighted by Gasteiger charge is -2.32. The second kappa shape index (κ2) is 9.54. The Morgan fingerprint density at radius 1 is 1.11 bits per heavy atom. The van der Waals surface area contributed by atoms with E-state index in [-0.39, 0.29) is 11.9 Å². The molecular formula is C29H32F3N3O2. The molecule has 2 unspecified atom stereocenters. The molecule has 196 valence electrons. The molecule has 1 saturated heterocycles. The largest absolute Gasteiger partial charge is 0.405 e. The van der Waals surface area contributed by atoms with Gasteiger partial charge in [-0.3, -0.25) is 9.59 Å². The SMILES string of the molecule is CCCCC1(C(=O)NCC(F)(F)F)C(C)=C(N2CCC(N3Cc4ccccc4C3=O)C2)c2ccccc21. The molecule has 1 N–H and O–H groups in total. The third-order valence-electron chi connectivity index (χ3n) is 8.15. The van der Waals surface area contributed by atoms with Gasteiger partial charge in [0.2, 0.25) is 5.91 Å². The number of carbonyl (C=O) groups is 2. The van der Waals surface area contributed by atoms with Crippen molar-refractivity contribution in [2.75, 3.05) is 19.6 Å². The number of hydrogen-bond donors (Lipinski definition) is 1. The zero-order valence-electron chi connectivity index (χ0n) is 21.2. The van der Waals surface area contributed by atoms with E-state index in [9.17, 15) is 22.8 Å². The maximum atomic E-state index is 13.6. The predicted octanol–water partition coefficient (Wildman–Crippen LogP) is 5.27. The van der Waals surface area contributed by atoms with Crippen molar-refractivity contribution >= 4 is 17.5 Å². The molecule has 5 nitrogen and oxygen atoms in total. The van der Waals surface area contributed by atoms with E-state index in [2.05, 4.69) is 10.2 Å². The number of hydrogen-bond acceptors (Lipinski definition) is 3. The van der Waals surface area contributed by atoms with Gasteiger partial charge in [0.1, 0.15) is 6.54 Å². The molecule has 37 heavy (non-hydrogen) atoms. The normalized spacial score (nSPS) is 23.1. The number of fused-ring (bicyclic) bond motifs is 2. The van der Waals surface area contributed by atoms with Crippen LogP contribution in [-0.2, 0) is 16.8 Å². The van der Waals surface area contributed by atoms with Gasteiger partial charge in [-0.25, -0.2) is 0 Å². The first kappa shape index (κ1) is 25.4. The Hall–Kier alpha value is -3.29. The van der Waals surface area contributed by atoms with E-state index in [0.29, 0.717) is 32.5 Å². The van der Waals surface area contributed by atoms with Crippen LogP contribution in [0.2, 0.25) is 0 Å². The molecular weight excluding hydrogens is 479 g/mol. The number of halogens is 3. The van der Waals surface area contributed by atoms with Gasteiger partial charge < -0.3 is 15.1 Å². The number of unbranched alkanes of at least 4 members (excludes halogenated alkanes) is 1. The molecule has 2 aromatic carbocycles. The standard InChI is InChI=1S/C29H32F3N3O2/c1-3-4-14-28(27(37)33-18-29(30,31)32)19(2)25(23-11-7-8-12-24(23)28)34-15-13-21(17-34)35-16-20-9-5-6-10-22(20)26(35)36/h5-12,21H,3-4,13-18H2,1-2H3,(H,33,37). The molecule has 1 aliphatic carbocycles. The molecule has 8 heteroatoms. The number of carbonyl (C=O) groups excluding carboxylic acids is 2. The average Bonchev–Trinajstić information content (AvgIpc) is 3.54. The molecule has 0 radical (unpaired) electrons. The van der Waals surface area contributed by atoms with Crippen LogP contribution in [0.4, 0.5) is 13.2 Å². The number of alkyl halides is 3. The Morgan fingerprint density at radius 3 is 2.51 bits per heavy atom. The summed E-state index contributed by atoms with van der Waals surface area (Å²) in [6, 6.07) is 15.3. The summed E-state index contributed by atoms with van der Waals surface area (Å²) in [5.74, 6) is -0.553. The molecule has 0 saturated carbocycles. The molecule has 2 heterocycles. The Bertz CT molecular complexity index is 1250. The molecule has 2 aliphatic heterocycles. The Morgan fingerprint density at radius 2 is 1.81 bits per heavy atom. The zero-order valence-corrected chi connectivity index (χ0v) is 21.2. The van der Waals surface area contributed by atoms with Gasteiger partial charge in [-0.2, -0.15) is 13.2 Å². The van der Waals surface area contributed by atoms with E-state index in [1.165, 1.54) is 0 Å². The van der Waals surface area contributed by atoms with Crippen molar-refractivity contribution in [2.45, 2.75) is 63.7 Å². The van der Waals surface area contributed by atoms with Crippen molar-refractivity contribution in [3.63, 3.8) is 0 Å². The number of amides is 2. The van der Waals surface area contributed by atoms with Crippen molar-refractivity contribution in [2.24, 2.45) is 0 Å². The zero-order chi connectivity index (χ0) is 26.4. The third kappa shape index (κ3) is 4.30. The van der Waals surface area contributed by atoms with Crippen LogP contribution in [-0.4, -0.2) is 53.5 Å².